The molecule has 0 unspecified atom stereocenters. The Labute approximate surface area is 252 Å². The fourth-order valence-electron chi connectivity index (χ4n) is 7.22. The highest BCUT2D eigenvalue weighted by atomic mass is 32.1. The van der Waals surface area contributed by atoms with E-state index in [0.717, 1.165) is 105 Å². The minimum atomic E-state index is -0.855. The third kappa shape index (κ3) is 4.66. The summed E-state index contributed by atoms with van der Waals surface area (Å²) in [5.74, 6) is -0.869. The average molecular weight is 603 g/mol. The third-order valence-corrected chi connectivity index (χ3v) is 11.4. The lowest BCUT2D eigenvalue weighted by Gasteiger charge is -2.23. The normalized spacial score (nSPS) is 16.8. The summed E-state index contributed by atoms with van der Waals surface area (Å²) in [6.45, 7) is 6.56. The van der Waals surface area contributed by atoms with Gasteiger partial charge in [-0.05, 0) is 82.3 Å². The van der Waals surface area contributed by atoms with Crippen molar-refractivity contribution in [1.29, 1.82) is 0 Å². The van der Waals surface area contributed by atoms with Crippen LogP contribution >= 0.6 is 22.7 Å². The molecule has 7 rings (SSSR count). The van der Waals surface area contributed by atoms with Crippen molar-refractivity contribution in [3.63, 3.8) is 0 Å². The van der Waals surface area contributed by atoms with Gasteiger partial charge in [0.1, 0.15) is 16.2 Å². The molecule has 218 valence electrons. The minimum Gasteiger partial charge on any atom is -0.477 e. The van der Waals surface area contributed by atoms with Crippen LogP contribution in [-0.4, -0.2) is 43.6 Å². The maximum absolute atomic E-state index is 16.0. The van der Waals surface area contributed by atoms with E-state index in [4.69, 9.17) is 4.98 Å². The molecule has 0 radical (unpaired) electrons. The molecule has 4 aromatic heterocycles. The van der Waals surface area contributed by atoms with E-state index in [1.807, 2.05) is 33.0 Å². The topological polar surface area (TPSA) is 71.2 Å². The summed E-state index contributed by atoms with van der Waals surface area (Å²) in [4.78, 5) is 25.5. The smallest absolute Gasteiger partial charge is 0.346 e. The Morgan fingerprint density at radius 1 is 1.05 bits per heavy atom. The molecule has 0 spiro atoms. The van der Waals surface area contributed by atoms with Crippen LogP contribution in [-0.2, 0) is 13.6 Å². The van der Waals surface area contributed by atoms with Crippen LogP contribution in [0.15, 0.2) is 24.3 Å². The molecule has 1 aliphatic carbocycles. The summed E-state index contributed by atoms with van der Waals surface area (Å²) in [7, 11) is 2.04. The van der Waals surface area contributed by atoms with Crippen LogP contribution in [0.4, 0.5) is 4.39 Å². The second kappa shape index (κ2) is 10.8. The first kappa shape index (κ1) is 27.7. The molecule has 1 saturated heterocycles. The van der Waals surface area contributed by atoms with Gasteiger partial charge < -0.3 is 9.67 Å². The van der Waals surface area contributed by atoms with Crippen molar-refractivity contribution >= 4 is 49.8 Å². The van der Waals surface area contributed by atoms with Crippen molar-refractivity contribution in [3.8, 4) is 21.8 Å². The molecular weight excluding hydrogens is 568 g/mol. The highest BCUT2D eigenvalue weighted by molar-refractivity contribution is 7.21. The molecular formula is C33H35FN4O2S2. The van der Waals surface area contributed by atoms with Crippen molar-refractivity contribution < 1.29 is 14.3 Å². The second-order valence-electron chi connectivity index (χ2n) is 11.9. The molecule has 0 amide bonds. The zero-order valence-corrected chi connectivity index (χ0v) is 25.9. The number of pyridine rings is 1. The number of hydrogen-bond acceptors (Lipinski definition) is 6. The Balaban J connectivity index is 1.42. The summed E-state index contributed by atoms with van der Waals surface area (Å²) in [5, 5.41) is 12.0. The number of halogens is 1. The number of likely N-dealkylation sites (tertiary alicyclic amines) is 1. The van der Waals surface area contributed by atoms with Gasteiger partial charge in [-0.25, -0.2) is 19.2 Å². The van der Waals surface area contributed by atoms with Crippen LogP contribution in [0, 0.1) is 19.7 Å². The molecule has 1 N–H and O–H groups in total. The predicted molar refractivity (Wildman–Crippen MR) is 169 cm³/mol. The number of aryl methyl sites for hydroxylation is 3. The average Bonchev–Trinajstić information content (AvgIpc) is 3.75. The Hall–Kier alpha value is -3.14. The van der Waals surface area contributed by atoms with E-state index in [1.165, 1.54) is 23.3 Å². The molecule has 2 aliphatic rings. The Kier molecular flexibility index (Phi) is 7.15. The quantitative estimate of drug-likeness (QED) is 0.211. The molecule has 1 saturated carbocycles. The fourth-order valence-corrected chi connectivity index (χ4v) is 9.42. The number of thiophene rings is 1. The number of thiazole rings is 1. The van der Waals surface area contributed by atoms with Crippen molar-refractivity contribution in [2.75, 3.05) is 13.1 Å². The summed E-state index contributed by atoms with van der Waals surface area (Å²) < 4.78 is 19.2. The SMILES string of the molecule is Cc1nc(C)c(-c2ccc3cc(-c4c(C5CCCCC5)c5sc(C(=O)O)c(CN6CCCC6)c5n4C)cc(F)c3n2)s1. The van der Waals surface area contributed by atoms with Crippen molar-refractivity contribution in [2.45, 2.75) is 71.3 Å². The number of fused-ring (bicyclic) bond motifs is 2. The Bertz CT molecular complexity index is 1840. The number of hydrogen-bond donors (Lipinski definition) is 1. The minimum absolute atomic E-state index is 0.328. The standard InChI is InChI=1S/C33H35FN4O2S2/c1-18-30(41-19(2)35-18)25-12-11-21-15-22(16-24(34)27(21)36-25)28-26(20-9-5-4-6-10-20)32-29(37(28)3)23(31(42-32)33(39)40)17-38-13-7-8-14-38/h11-12,15-16,20H,4-10,13-14,17H2,1-3H3,(H,39,40). The van der Waals surface area contributed by atoms with Gasteiger partial charge in [0.05, 0.1) is 37.2 Å². The van der Waals surface area contributed by atoms with Gasteiger partial charge in [0, 0.05) is 30.1 Å². The first-order chi connectivity index (χ1) is 20.3. The van der Waals surface area contributed by atoms with Crippen molar-refractivity contribution in [2.24, 2.45) is 7.05 Å². The Morgan fingerprint density at radius 3 is 2.50 bits per heavy atom. The molecule has 1 aliphatic heterocycles. The first-order valence-corrected chi connectivity index (χ1v) is 16.6. The van der Waals surface area contributed by atoms with Crippen LogP contribution in [0.5, 0.6) is 0 Å². The van der Waals surface area contributed by atoms with Gasteiger partial charge in [0.2, 0.25) is 0 Å². The van der Waals surface area contributed by atoms with E-state index < -0.39 is 5.97 Å². The van der Waals surface area contributed by atoms with Crippen molar-refractivity contribution in [1.82, 2.24) is 19.4 Å². The van der Waals surface area contributed by atoms with E-state index in [-0.39, 0.29) is 5.82 Å². The maximum Gasteiger partial charge on any atom is 0.346 e. The first-order valence-electron chi connectivity index (χ1n) is 14.9. The number of aromatic nitrogens is 3. The van der Waals surface area contributed by atoms with E-state index in [0.29, 0.717) is 22.9 Å². The van der Waals surface area contributed by atoms with Gasteiger partial charge in [-0.1, -0.05) is 25.3 Å². The lowest BCUT2D eigenvalue weighted by atomic mass is 9.83. The van der Waals surface area contributed by atoms with Gasteiger partial charge in [-0.3, -0.25) is 4.90 Å². The summed E-state index contributed by atoms with van der Waals surface area (Å²) in [6, 6.07) is 7.62. The number of carboxylic acid groups (broad SMARTS) is 1. The lowest BCUT2D eigenvalue weighted by molar-refractivity contribution is 0.0700. The van der Waals surface area contributed by atoms with Crippen LogP contribution < -0.4 is 0 Å². The number of carbonyl (C=O) groups is 1. The van der Waals surface area contributed by atoms with E-state index in [9.17, 15) is 9.90 Å². The van der Waals surface area contributed by atoms with Crippen LogP contribution in [0.1, 0.15) is 82.4 Å². The zero-order valence-electron chi connectivity index (χ0n) is 24.3. The van der Waals surface area contributed by atoms with Gasteiger partial charge in [-0.2, -0.15) is 0 Å². The Morgan fingerprint density at radius 2 is 1.81 bits per heavy atom. The van der Waals surface area contributed by atoms with Gasteiger partial charge >= 0.3 is 5.97 Å². The largest absolute Gasteiger partial charge is 0.477 e. The van der Waals surface area contributed by atoms with Crippen LogP contribution in [0.2, 0.25) is 0 Å². The fraction of sp³-hybridized carbons (Fsp3) is 0.424. The molecule has 0 atom stereocenters. The molecule has 42 heavy (non-hydrogen) atoms. The summed E-state index contributed by atoms with van der Waals surface area (Å²) in [5.41, 5.74) is 6.96. The van der Waals surface area contributed by atoms with E-state index >= 15 is 4.39 Å². The van der Waals surface area contributed by atoms with Gasteiger partial charge in [0.15, 0.2) is 0 Å². The second-order valence-corrected chi connectivity index (χ2v) is 14.1. The number of aromatic carboxylic acids is 1. The molecule has 9 heteroatoms. The van der Waals surface area contributed by atoms with Crippen LogP contribution in [0.3, 0.4) is 0 Å². The number of nitrogens with zero attached hydrogens (tertiary/aromatic N) is 4. The van der Waals surface area contributed by atoms with Crippen LogP contribution in [0.25, 0.3) is 42.9 Å². The lowest BCUT2D eigenvalue weighted by Crippen LogP contribution is -2.20. The maximum atomic E-state index is 16.0. The number of benzene rings is 1. The molecule has 1 aromatic carbocycles. The molecule has 5 heterocycles. The van der Waals surface area contributed by atoms with E-state index in [1.54, 1.807) is 17.4 Å². The molecule has 5 aromatic rings. The van der Waals surface area contributed by atoms with Gasteiger partial charge in [0.25, 0.3) is 0 Å². The zero-order chi connectivity index (χ0) is 29.1. The highest BCUT2D eigenvalue weighted by Crippen LogP contribution is 2.48. The summed E-state index contributed by atoms with van der Waals surface area (Å²) >= 11 is 3.00. The number of carboxylic acids is 1. The predicted octanol–water partition coefficient (Wildman–Crippen LogP) is 8.68. The van der Waals surface area contributed by atoms with Crippen molar-refractivity contribution in [3.05, 3.63) is 56.8 Å². The molecule has 0 bridgehead atoms. The van der Waals surface area contributed by atoms with Gasteiger partial charge in [-0.15, -0.1) is 22.7 Å². The molecule has 6 nitrogen and oxygen atoms in total. The highest BCUT2D eigenvalue weighted by Gasteiger charge is 2.32. The van der Waals surface area contributed by atoms with E-state index in [2.05, 4.69) is 20.5 Å². The molecule has 2 fully saturated rings. The summed E-state index contributed by atoms with van der Waals surface area (Å²) in [6.07, 6.45) is 7.99. The third-order valence-electron chi connectivity index (χ3n) is 9.09. The number of rotatable bonds is 6. The monoisotopic (exact) mass is 602 g/mol.